The van der Waals surface area contributed by atoms with Crippen molar-refractivity contribution < 1.29 is 4.79 Å². The monoisotopic (exact) mass is 351 g/mol. The van der Waals surface area contributed by atoms with Crippen molar-refractivity contribution in [3.05, 3.63) is 48.8 Å². The van der Waals surface area contributed by atoms with Crippen LogP contribution in [0, 0.1) is 0 Å². The maximum atomic E-state index is 12.3. The zero-order valence-corrected chi connectivity index (χ0v) is 14.6. The summed E-state index contributed by atoms with van der Waals surface area (Å²) in [5.41, 5.74) is 4.00. The molecule has 3 aromatic heterocycles. The number of pyridine rings is 2. The molecule has 0 saturated carbocycles. The van der Waals surface area contributed by atoms with E-state index in [0.717, 1.165) is 19.3 Å². The Hall–Kier alpha value is -3.29. The average Bonchev–Trinajstić information content (AvgIpc) is 3.10. The van der Waals surface area contributed by atoms with Gasteiger partial charge in [0.05, 0.1) is 0 Å². The van der Waals surface area contributed by atoms with Crippen LogP contribution in [0.2, 0.25) is 0 Å². The van der Waals surface area contributed by atoms with Crippen molar-refractivity contribution in [2.75, 3.05) is 12.0 Å². The summed E-state index contributed by atoms with van der Waals surface area (Å²) in [6.45, 7) is 2.73. The third-order valence-electron chi connectivity index (χ3n) is 3.73. The first-order chi connectivity index (χ1) is 12.8. The van der Waals surface area contributed by atoms with Crippen LogP contribution in [0.15, 0.2) is 48.8 Å². The van der Waals surface area contributed by atoms with E-state index in [1.165, 1.54) is 4.68 Å². The van der Waals surface area contributed by atoms with Crippen molar-refractivity contribution in [2.45, 2.75) is 26.2 Å². The van der Waals surface area contributed by atoms with Gasteiger partial charge in [-0.1, -0.05) is 31.9 Å². The summed E-state index contributed by atoms with van der Waals surface area (Å²) < 4.78 is 1.51. The van der Waals surface area contributed by atoms with Crippen molar-refractivity contribution in [2.24, 2.45) is 0 Å². The molecule has 2 amide bonds. The van der Waals surface area contributed by atoms with Crippen LogP contribution >= 0.6 is 0 Å². The molecule has 3 rings (SSSR count). The molecule has 2 N–H and O–H groups in total. The lowest BCUT2D eigenvalue weighted by Crippen LogP contribution is -2.35. The Morgan fingerprint density at radius 3 is 2.08 bits per heavy atom. The Kier molecular flexibility index (Phi) is 5.87. The smallest absolute Gasteiger partial charge is 0.334 e. The second kappa shape index (κ2) is 8.70. The Morgan fingerprint density at radius 2 is 1.58 bits per heavy atom. The van der Waals surface area contributed by atoms with Gasteiger partial charge in [0, 0.05) is 18.9 Å². The van der Waals surface area contributed by atoms with E-state index in [1.807, 2.05) is 36.4 Å². The molecule has 26 heavy (non-hydrogen) atoms. The first-order valence-corrected chi connectivity index (χ1v) is 8.62. The van der Waals surface area contributed by atoms with Gasteiger partial charge in [0.1, 0.15) is 11.4 Å². The van der Waals surface area contributed by atoms with Crippen LogP contribution in [0.3, 0.4) is 0 Å². The molecule has 0 unspecified atom stereocenters. The maximum absolute atomic E-state index is 12.3. The standard InChI is InChI=1S/C18H21N7O/c1-2-3-6-13-21-18(26)24-25-16(14-9-4-7-11-19-14)22-23-17(25)15-10-5-8-12-20-15/h4-5,7-12H,2-3,6,13H2,1H3,(H2,21,24,26). The molecule has 8 nitrogen and oxygen atoms in total. The summed E-state index contributed by atoms with van der Waals surface area (Å²) in [6.07, 6.45) is 6.44. The van der Waals surface area contributed by atoms with Crippen LogP contribution in [0.5, 0.6) is 0 Å². The summed E-state index contributed by atoms with van der Waals surface area (Å²) >= 11 is 0. The largest absolute Gasteiger partial charge is 0.337 e. The minimum atomic E-state index is -0.324. The van der Waals surface area contributed by atoms with Gasteiger partial charge in [-0.2, -0.15) is 0 Å². The molecule has 134 valence electrons. The Bertz CT molecular complexity index is 776. The fourth-order valence-electron chi connectivity index (χ4n) is 2.43. The zero-order valence-electron chi connectivity index (χ0n) is 14.6. The van der Waals surface area contributed by atoms with E-state index in [4.69, 9.17) is 0 Å². The number of rotatable bonds is 7. The number of aromatic nitrogens is 5. The lowest BCUT2D eigenvalue weighted by molar-refractivity contribution is 0.249. The summed E-state index contributed by atoms with van der Waals surface area (Å²) in [4.78, 5) is 20.9. The normalized spacial score (nSPS) is 10.5. The lowest BCUT2D eigenvalue weighted by atomic mass is 10.2. The number of nitrogens with zero attached hydrogens (tertiary/aromatic N) is 5. The molecule has 0 aliphatic carbocycles. The van der Waals surface area contributed by atoms with Gasteiger partial charge < -0.3 is 5.32 Å². The summed E-state index contributed by atoms with van der Waals surface area (Å²) in [7, 11) is 0. The number of nitrogens with one attached hydrogen (secondary N) is 2. The minimum absolute atomic E-state index is 0.324. The SMILES string of the molecule is CCCCCNC(=O)Nn1c(-c2ccccn2)nnc1-c1ccccn1. The number of carbonyl (C=O) groups is 1. The van der Waals surface area contributed by atoms with Gasteiger partial charge in [-0.15, -0.1) is 10.2 Å². The van der Waals surface area contributed by atoms with Gasteiger partial charge in [-0.3, -0.25) is 9.97 Å². The van der Waals surface area contributed by atoms with E-state index in [2.05, 4.69) is 37.8 Å². The topological polar surface area (TPSA) is 97.6 Å². The molecule has 0 aliphatic heterocycles. The van der Waals surface area contributed by atoms with Crippen LogP contribution in [-0.4, -0.2) is 37.4 Å². The first-order valence-electron chi connectivity index (χ1n) is 8.62. The fraction of sp³-hybridized carbons (Fsp3) is 0.278. The van der Waals surface area contributed by atoms with Gasteiger partial charge in [-0.05, 0) is 30.7 Å². The van der Waals surface area contributed by atoms with Crippen molar-refractivity contribution in [3.8, 4) is 23.0 Å². The van der Waals surface area contributed by atoms with Gasteiger partial charge in [0.2, 0.25) is 11.6 Å². The van der Waals surface area contributed by atoms with Crippen LogP contribution < -0.4 is 10.7 Å². The highest BCUT2D eigenvalue weighted by atomic mass is 16.2. The van der Waals surface area contributed by atoms with Crippen LogP contribution in [-0.2, 0) is 0 Å². The van der Waals surface area contributed by atoms with Crippen molar-refractivity contribution in [1.82, 2.24) is 30.2 Å². The highest BCUT2D eigenvalue weighted by Crippen LogP contribution is 2.20. The molecule has 0 atom stereocenters. The quantitative estimate of drug-likeness (QED) is 0.638. The summed E-state index contributed by atoms with van der Waals surface area (Å²) in [5, 5.41) is 11.2. The number of carbonyl (C=O) groups excluding carboxylic acids is 1. The number of unbranched alkanes of at least 4 members (excludes halogenated alkanes) is 2. The molecule has 3 aromatic rings. The van der Waals surface area contributed by atoms with E-state index in [0.29, 0.717) is 29.6 Å². The van der Waals surface area contributed by atoms with Crippen molar-refractivity contribution in [3.63, 3.8) is 0 Å². The highest BCUT2D eigenvalue weighted by Gasteiger charge is 2.18. The predicted octanol–water partition coefficient (Wildman–Crippen LogP) is 2.85. The van der Waals surface area contributed by atoms with Crippen molar-refractivity contribution >= 4 is 6.03 Å². The molecule has 0 spiro atoms. The Morgan fingerprint density at radius 1 is 0.962 bits per heavy atom. The number of amides is 2. The van der Waals surface area contributed by atoms with Gasteiger partial charge >= 0.3 is 6.03 Å². The molecular formula is C18H21N7O. The van der Waals surface area contributed by atoms with Crippen LogP contribution in [0.4, 0.5) is 4.79 Å². The number of hydrogen-bond acceptors (Lipinski definition) is 5. The van der Waals surface area contributed by atoms with Gasteiger partial charge in [0.15, 0.2) is 0 Å². The van der Waals surface area contributed by atoms with E-state index in [-0.39, 0.29) is 6.03 Å². The lowest BCUT2D eigenvalue weighted by Gasteiger charge is -2.12. The summed E-state index contributed by atoms with van der Waals surface area (Å²) in [6, 6.07) is 10.6. The summed E-state index contributed by atoms with van der Waals surface area (Å²) in [5.74, 6) is 0.880. The van der Waals surface area contributed by atoms with E-state index >= 15 is 0 Å². The van der Waals surface area contributed by atoms with Crippen LogP contribution in [0.25, 0.3) is 23.0 Å². The Balaban J connectivity index is 1.87. The predicted molar refractivity (Wildman–Crippen MR) is 98.8 cm³/mol. The molecular weight excluding hydrogens is 330 g/mol. The molecule has 0 aromatic carbocycles. The van der Waals surface area contributed by atoms with Crippen molar-refractivity contribution in [1.29, 1.82) is 0 Å². The van der Waals surface area contributed by atoms with E-state index in [9.17, 15) is 4.79 Å². The molecule has 0 fully saturated rings. The first kappa shape index (κ1) is 17.5. The highest BCUT2D eigenvalue weighted by molar-refractivity contribution is 5.83. The van der Waals surface area contributed by atoms with E-state index < -0.39 is 0 Å². The third-order valence-corrected chi connectivity index (χ3v) is 3.73. The van der Waals surface area contributed by atoms with Gasteiger partial charge in [-0.25, -0.2) is 14.9 Å². The Labute approximate surface area is 151 Å². The molecule has 0 radical (unpaired) electrons. The molecule has 3 heterocycles. The second-order valence-corrected chi connectivity index (χ2v) is 5.69. The zero-order chi connectivity index (χ0) is 18.2. The minimum Gasteiger partial charge on any atom is -0.337 e. The van der Waals surface area contributed by atoms with Gasteiger partial charge in [0.25, 0.3) is 0 Å². The molecule has 0 aliphatic rings. The fourth-order valence-corrected chi connectivity index (χ4v) is 2.43. The molecule has 0 saturated heterocycles. The second-order valence-electron chi connectivity index (χ2n) is 5.69. The van der Waals surface area contributed by atoms with Crippen LogP contribution in [0.1, 0.15) is 26.2 Å². The molecule has 0 bridgehead atoms. The third kappa shape index (κ3) is 4.21. The molecule has 8 heteroatoms. The van der Waals surface area contributed by atoms with E-state index in [1.54, 1.807) is 12.4 Å². The average molecular weight is 351 g/mol. The maximum Gasteiger partial charge on any atom is 0.334 e. The number of urea groups is 1. The number of hydrogen-bond donors (Lipinski definition) is 2.